The van der Waals surface area contributed by atoms with Gasteiger partial charge in [-0.05, 0) is 50.7 Å². The second-order valence-electron chi connectivity index (χ2n) is 7.15. The molecule has 3 N–H and O–H groups in total. The van der Waals surface area contributed by atoms with Gasteiger partial charge in [0.05, 0.1) is 16.1 Å². The van der Waals surface area contributed by atoms with Crippen molar-refractivity contribution in [2.24, 2.45) is 0 Å². The van der Waals surface area contributed by atoms with Crippen LogP contribution in [0.25, 0.3) is 10.6 Å². The Labute approximate surface area is 174 Å². The first kappa shape index (κ1) is 19.5. The predicted octanol–water partition coefficient (Wildman–Crippen LogP) is 3.01. The number of ether oxygens (including phenoxy) is 1. The van der Waals surface area contributed by atoms with Gasteiger partial charge in [0.2, 0.25) is 0 Å². The molecule has 0 atom stereocenters. The lowest BCUT2D eigenvalue weighted by atomic mass is 9.98. The minimum atomic E-state index is 0.272. The van der Waals surface area contributed by atoms with E-state index in [4.69, 9.17) is 15.5 Å². The minimum Gasteiger partial charge on any atom is -0.470 e. The van der Waals surface area contributed by atoms with Gasteiger partial charge in [0, 0.05) is 25.4 Å². The minimum absolute atomic E-state index is 0.272. The summed E-state index contributed by atoms with van der Waals surface area (Å²) in [5.41, 5.74) is 7.70. The molecular weight excluding hydrogens is 386 g/mol. The Kier molecular flexibility index (Phi) is 5.86. The molecule has 1 aliphatic heterocycles. The number of hydrogen-bond donors (Lipinski definition) is 2. The van der Waals surface area contributed by atoms with E-state index in [1.54, 1.807) is 29.9 Å². The highest BCUT2D eigenvalue weighted by Crippen LogP contribution is 2.39. The Morgan fingerprint density at radius 1 is 1.24 bits per heavy atom. The molecule has 0 bridgehead atoms. The van der Waals surface area contributed by atoms with Gasteiger partial charge < -0.3 is 20.7 Å². The van der Waals surface area contributed by atoms with Gasteiger partial charge in [0.1, 0.15) is 18.1 Å². The quantitative estimate of drug-likeness (QED) is 0.638. The Bertz CT molecular complexity index is 955. The molecule has 9 heteroatoms. The summed E-state index contributed by atoms with van der Waals surface area (Å²) < 4.78 is 5.83. The molecule has 1 fully saturated rings. The van der Waals surface area contributed by atoms with E-state index in [1.807, 2.05) is 19.2 Å². The van der Waals surface area contributed by atoms with Crippen molar-refractivity contribution < 1.29 is 4.74 Å². The summed E-state index contributed by atoms with van der Waals surface area (Å²) in [6.45, 7) is 2.56. The van der Waals surface area contributed by atoms with Crippen LogP contribution in [-0.4, -0.2) is 52.0 Å². The van der Waals surface area contributed by atoms with Crippen molar-refractivity contribution in [3.63, 3.8) is 0 Å². The van der Waals surface area contributed by atoms with Crippen LogP contribution in [0.3, 0.4) is 0 Å². The van der Waals surface area contributed by atoms with E-state index in [1.165, 1.54) is 0 Å². The van der Waals surface area contributed by atoms with Gasteiger partial charge >= 0.3 is 0 Å². The first-order valence-electron chi connectivity index (χ1n) is 9.65. The highest BCUT2D eigenvalue weighted by molar-refractivity contribution is 7.15. The number of aromatic nitrogens is 4. The summed E-state index contributed by atoms with van der Waals surface area (Å²) in [6, 6.07) is 3.79. The second-order valence-corrected chi connectivity index (χ2v) is 8.18. The number of thiazole rings is 1. The number of nitrogens with zero attached hydrogens (tertiary/aromatic N) is 5. The standard InChI is InChI=1S/C20H25N7OS/c1-22-18-16(29-20(26-18)14-5-9-27(2)10-6-14)15-11-24-17(21)19(25-15)28-12-13-3-7-23-8-4-13/h3-4,7-8,11,14,22H,5-6,9-10,12H2,1-2H3,(H2,21,24). The maximum absolute atomic E-state index is 5.99. The molecule has 1 aliphatic rings. The number of pyridine rings is 1. The molecular formula is C20H25N7OS. The summed E-state index contributed by atoms with van der Waals surface area (Å²) in [5, 5.41) is 4.34. The number of likely N-dealkylation sites (tertiary alicyclic amines) is 1. The van der Waals surface area contributed by atoms with Crippen LogP contribution in [0.4, 0.5) is 11.6 Å². The molecule has 0 aromatic carbocycles. The normalized spacial score (nSPS) is 15.4. The lowest BCUT2D eigenvalue weighted by molar-refractivity contribution is 0.255. The van der Waals surface area contributed by atoms with Crippen molar-refractivity contribution in [1.29, 1.82) is 0 Å². The van der Waals surface area contributed by atoms with Gasteiger partial charge in [0.15, 0.2) is 5.82 Å². The molecule has 4 heterocycles. The number of hydrogen-bond acceptors (Lipinski definition) is 9. The summed E-state index contributed by atoms with van der Waals surface area (Å²) in [6.07, 6.45) is 7.39. The van der Waals surface area contributed by atoms with E-state index in [0.717, 1.165) is 47.2 Å². The maximum atomic E-state index is 5.99. The van der Waals surface area contributed by atoms with Crippen molar-refractivity contribution in [3.8, 4) is 16.5 Å². The van der Waals surface area contributed by atoms with E-state index < -0.39 is 0 Å². The Balaban J connectivity index is 1.57. The van der Waals surface area contributed by atoms with Crippen LogP contribution < -0.4 is 15.8 Å². The fraction of sp³-hybridized carbons (Fsp3) is 0.400. The molecule has 4 rings (SSSR count). The summed E-state index contributed by atoms with van der Waals surface area (Å²) in [5.74, 6) is 1.91. The van der Waals surface area contributed by atoms with E-state index >= 15 is 0 Å². The molecule has 8 nitrogen and oxygen atoms in total. The number of nitrogen functional groups attached to an aromatic ring is 1. The average Bonchev–Trinajstić information content (AvgIpc) is 3.19. The van der Waals surface area contributed by atoms with Crippen LogP contribution in [0.5, 0.6) is 5.88 Å². The molecule has 3 aromatic rings. The van der Waals surface area contributed by atoms with Crippen molar-refractivity contribution in [2.75, 3.05) is 38.2 Å². The number of anilines is 2. The zero-order chi connectivity index (χ0) is 20.2. The highest BCUT2D eigenvalue weighted by Gasteiger charge is 2.24. The number of nitrogens with two attached hydrogens (primary N) is 1. The third-order valence-corrected chi connectivity index (χ3v) is 6.31. The zero-order valence-corrected chi connectivity index (χ0v) is 17.4. The smallest absolute Gasteiger partial charge is 0.258 e. The molecule has 0 aliphatic carbocycles. The molecule has 152 valence electrons. The largest absolute Gasteiger partial charge is 0.470 e. The van der Waals surface area contributed by atoms with Crippen LogP contribution in [0.1, 0.15) is 29.3 Å². The second kappa shape index (κ2) is 8.71. The highest BCUT2D eigenvalue weighted by atomic mass is 32.1. The van der Waals surface area contributed by atoms with Crippen molar-refractivity contribution >= 4 is 23.0 Å². The molecule has 0 amide bonds. The molecule has 29 heavy (non-hydrogen) atoms. The van der Waals surface area contributed by atoms with Crippen molar-refractivity contribution in [1.82, 2.24) is 24.8 Å². The van der Waals surface area contributed by atoms with E-state index in [0.29, 0.717) is 24.1 Å². The summed E-state index contributed by atoms with van der Waals surface area (Å²) >= 11 is 1.67. The van der Waals surface area contributed by atoms with Gasteiger partial charge in [-0.25, -0.2) is 15.0 Å². The van der Waals surface area contributed by atoms with Crippen molar-refractivity contribution in [3.05, 3.63) is 41.3 Å². The SMILES string of the molecule is CNc1nc(C2CCN(C)CC2)sc1-c1cnc(N)c(OCc2ccncc2)n1. The fourth-order valence-corrected chi connectivity index (χ4v) is 4.53. The Morgan fingerprint density at radius 3 is 2.72 bits per heavy atom. The van der Waals surface area contributed by atoms with Crippen LogP contribution in [-0.2, 0) is 6.61 Å². The lowest BCUT2D eigenvalue weighted by Crippen LogP contribution is -2.29. The van der Waals surface area contributed by atoms with Crippen molar-refractivity contribution in [2.45, 2.75) is 25.4 Å². The topological polar surface area (TPSA) is 102 Å². The van der Waals surface area contributed by atoms with Crippen LogP contribution >= 0.6 is 11.3 Å². The van der Waals surface area contributed by atoms with Gasteiger partial charge in [-0.1, -0.05) is 0 Å². The number of rotatable bonds is 6. The average molecular weight is 412 g/mol. The molecule has 1 saturated heterocycles. The van der Waals surface area contributed by atoms with Gasteiger partial charge in [-0.2, -0.15) is 0 Å². The number of piperidine rings is 1. The summed E-state index contributed by atoms with van der Waals surface area (Å²) in [7, 11) is 4.04. The third-order valence-electron chi connectivity index (χ3n) is 5.07. The van der Waals surface area contributed by atoms with E-state index in [-0.39, 0.29) is 5.82 Å². The first-order valence-corrected chi connectivity index (χ1v) is 10.5. The lowest BCUT2D eigenvalue weighted by Gasteiger charge is -2.27. The van der Waals surface area contributed by atoms with Crippen LogP contribution in [0, 0.1) is 0 Å². The van der Waals surface area contributed by atoms with Gasteiger partial charge in [-0.15, -0.1) is 11.3 Å². The van der Waals surface area contributed by atoms with E-state index in [9.17, 15) is 0 Å². The van der Waals surface area contributed by atoms with Gasteiger partial charge in [-0.3, -0.25) is 4.98 Å². The fourth-order valence-electron chi connectivity index (χ4n) is 3.34. The summed E-state index contributed by atoms with van der Waals surface area (Å²) in [4.78, 5) is 21.1. The molecule has 3 aromatic heterocycles. The maximum Gasteiger partial charge on any atom is 0.258 e. The van der Waals surface area contributed by atoms with Crippen LogP contribution in [0.15, 0.2) is 30.7 Å². The number of nitrogens with one attached hydrogen (secondary N) is 1. The Hall–Kier alpha value is -2.78. The zero-order valence-electron chi connectivity index (χ0n) is 16.6. The monoisotopic (exact) mass is 411 g/mol. The Morgan fingerprint density at radius 2 is 2.00 bits per heavy atom. The first-order chi connectivity index (χ1) is 14.1. The van der Waals surface area contributed by atoms with E-state index in [2.05, 4.69) is 32.2 Å². The predicted molar refractivity (Wildman–Crippen MR) is 115 cm³/mol. The van der Waals surface area contributed by atoms with Gasteiger partial charge in [0.25, 0.3) is 5.88 Å². The molecule has 0 spiro atoms. The molecule has 0 radical (unpaired) electrons. The third kappa shape index (κ3) is 4.46. The molecule has 0 saturated carbocycles. The van der Waals surface area contributed by atoms with Crippen LogP contribution in [0.2, 0.25) is 0 Å². The molecule has 0 unspecified atom stereocenters.